The summed E-state index contributed by atoms with van der Waals surface area (Å²) in [5.74, 6) is 1.95. The van der Waals surface area contributed by atoms with Crippen LogP contribution in [0, 0.1) is 11.8 Å². The molecule has 5 heteroatoms. The Kier molecular flexibility index (Phi) is 3.62. The zero-order valence-electron chi connectivity index (χ0n) is 10.6. The first kappa shape index (κ1) is 12.8. The highest BCUT2D eigenvalue weighted by molar-refractivity contribution is 6.30. The minimum absolute atomic E-state index is 0.0642. The molecule has 4 nitrogen and oxygen atoms in total. The fourth-order valence-electron chi connectivity index (χ4n) is 2.85. The minimum Gasteiger partial charge on any atom is -0.484 e. The molecule has 2 heterocycles. The molecule has 2 fully saturated rings. The molecule has 0 bridgehead atoms. The van der Waals surface area contributed by atoms with E-state index in [9.17, 15) is 4.79 Å². The van der Waals surface area contributed by atoms with Crippen molar-refractivity contribution in [1.29, 1.82) is 0 Å². The van der Waals surface area contributed by atoms with Crippen molar-refractivity contribution < 1.29 is 9.53 Å². The first-order chi connectivity index (χ1) is 9.22. The third kappa shape index (κ3) is 2.85. The van der Waals surface area contributed by atoms with Crippen LogP contribution in [0.25, 0.3) is 0 Å². The van der Waals surface area contributed by atoms with Crippen LogP contribution in [-0.2, 0) is 4.79 Å². The van der Waals surface area contributed by atoms with Crippen molar-refractivity contribution in [2.24, 2.45) is 11.8 Å². The number of carbonyl (C=O) groups is 1. The van der Waals surface area contributed by atoms with Crippen LogP contribution in [0.5, 0.6) is 5.75 Å². The Hall–Kier alpha value is -1.26. The van der Waals surface area contributed by atoms with Crippen LogP contribution in [0.4, 0.5) is 0 Å². The average Bonchev–Trinajstić information content (AvgIpc) is 2.96. The largest absolute Gasteiger partial charge is 0.484 e. The lowest BCUT2D eigenvalue weighted by Gasteiger charge is -2.17. The molecular formula is C14H17ClN2O2. The normalized spacial score (nSPS) is 25.4. The number of amides is 1. The van der Waals surface area contributed by atoms with Crippen molar-refractivity contribution in [3.05, 3.63) is 29.3 Å². The Labute approximate surface area is 117 Å². The summed E-state index contributed by atoms with van der Waals surface area (Å²) in [4.78, 5) is 14.0. The summed E-state index contributed by atoms with van der Waals surface area (Å²) < 4.78 is 5.49. The molecule has 3 rings (SSSR count). The Morgan fingerprint density at radius 1 is 1.37 bits per heavy atom. The lowest BCUT2D eigenvalue weighted by Crippen LogP contribution is -2.35. The number of likely N-dealkylation sites (tertiary alicyclic amines) is 1. The number of carbonyl (C=O) groups excluding carboxylic acids is 1. The van der Waals surface area contributed by atoms with E-state index in [1.165, 1.54) is 0 Å². The molecule has 1 N–H and O–H groups in total. The van der Waals surface area contributed by atoms with Crippen LogP contribution in [-0.4, -0.2) is 43.6 Å². The number of halogens is 1. The van der Waals surface area contributed by atoms with Gasteiger partial charge in [0, 0.05) is 31.2 Å². The average molecular weight is 281 g/mol. The molecule has 0 spiro atoms. The van der Waals surface area contributed by atoms with Gasteiger partial charge in [0.05, 0.1) is 0 Å². The molecule has 0 saturated carbocycles. The second-order valence-corrected chi connectivity index (χ2v) is 5.66. The van der Waals surface area contributed by atoms with Gasteiger partial charge in [0.1, 0.15) is 5.75 Å². The summed E-state index contributed by atoms with van der Waals surface area (Å²) in [6, 6.07) is 7.12. The van der Waals surface area contributed by atoms with E-state index in [1.54, 1.807) is 12.1 Å². The fourth-order valence-corrected chi connectivity index (χ4v) is 3.03. The van der Waals surface area contributed by atoms with E-state index >= 15 is 0 Å². The van der Waals surface area contributed by atoms with Crippen molar-refractivity contribution in [3.63, 3.8) is 0 Å². The van der Waals surface area contributed by atoms with Crippen molar-refractivity contribution in [1.82, 2.24) is 10.2 Å². The van der Waals surface area contributed by atoms with Crippen LogP contribution in [0.1, 0.15) is 0 Å². The molecule has 0 aliphatic carbocycles. The highest BCUT2D eigenvalue weighted by atomic mass is 35.5. The van der Waals surface area contributed by atoms with E-state index in [4.69, 9.17) is 16.3 Å². The maximum atomic E-state index is 12.1. The topological polar surface area (TPSA) is 41.6 Å². The first-order valence-corrected chi connectivity index (χ1v) is 6.97. The van der Waals surface area contributed by atoms with Crippen LogP contribution >= 0.6 is 11.6 Å². The molecule has 1 aromatic carbocycles. The smallest absolute Gasteiger partial charge is 0.260 e. The summed E-state index contributed by atoms with van der Waals surface area (Å²) >= 11 is 5.87. The molecule has 1 aromatic rings. The summed E-state index contributed by atoms with van der Waals surface area (Å²) in [5, 5.41) is 3.98. The second kappa shape index (κ2) is 5.39. The maximum Gasteiger partial charge on any atom is 0.260 e. The molecule has 2 aliphatic heterocycles. The molecule has 1 amide bonds. The van der Waals surface area contributed by atoms with Crippen molar-refractivity contribution >= 4 is 17.5 Å². The number of benzene rings is 1. The third-order valence-electron chi connectivity index (χ3n) is 3.90. The highest BCUT2D eigenvalue weighted by Crippen LogP contribution is 2.26. The van der Waals surface area contributed by atoms with Gasteiger partial charge in [-0.3, -0.25) is 4.79 Å². The summed E-state index contributed by atoms with van der Waals surface area (Å²) in [6.45, 7) is 3.87. The van der Waals surface area contributed by atoms with Crippen molar-refractivity contribution in [3.8, 4) is 5.75 Å². The fraction of sp³-hybridized carbons (Fsp3) is 0.500. The monoisotopic (exact) mass is 280 g/mol. The van der Waals surface area contributed by atoms with Gasteiger partial charge in [-0.2, -0.15) is 0 Å². The van der Waals surface area contributed by atoms with Gasteiger partial charge in [0.15, 0.2) is 6.61 Å². The van der Waals surface area contributed by atoms with E-state index < -0.39 is 0 Å². The Morgan fingerprint density at radius 3 is 2.79 bits per heavy atom. The molecule has 2 atom stereocenters. The van der Waals surface area contributed by atoms with E-state index in [-0.39, 0.29) is 12.5 Å². The van der Waals surface area contributed by atoms with Gasteiger partial charge in [-0.25, -0.2) is 0 Å². The number of hydrogen-bond donors (Lipinski definition) is 1. The van der Waals surface area contributed by atoms with Gasteiger partial charge >= 0.3 is 0 Å². The Bertz CT molecular complexity index is 468. The highest BCUT2D eigenvalue weighted by Gasteiger charge is 2.37. The number of nitrogens with one attached hydrogen (secondary N) is 1. The number of rotatable bonds is 3. The van der Waals surface area contributed by atoms with E-state index in [1.807, 2.05) is 17.0 Å². The maximum absolute atomic E-state index is 12.1. The lowest BCUT2D eigenvalue weighted by atomic mass is 10.0. The van der Waals surface area contributed by atoms with Crippen LogP contribution in [0.15, 0.2) is 24.3 Å². The number of fused-ring (bicyclic) bond motifs is 1. The van der Waals surface area contributed by atoms with Gasteiger partial charge < -0.3 is 15.0 Å². The van der Waals surface area contributed by atoms with E-state index in [2.05, 4.69) is 5.32 Å². The second-order valence-electron chi connectivity index (χ2n) is 5.22. The zero-order valence-corrected chi connectivity index (χ0v) is 11.4. The predicted molar refractivity (Wildman–Crippen MR) is 73.4 cm³/mol. The first-order valence-electron chi connectivity index (χ1n) is 6.59. The van der Waals surface area contributed by atoms with Crippen molar-refractivity contribution in [2.75, 3.05) is 32.8 Å². The summed E-state index contributed by atoms with van der Waals surface area (Å²) in [6.07, 6.45) is 0. The van der Waals surface area contributed by atoms with E-state index in [0.29, 0.717) is 22.6 Å². The van der Waals surface area contributed by atoms with Crippen molar-refractivity contribution in [2.45, 2.75) is 0 Å². The molecule has 19 heavy (non-hydrogen) atoms. The molecule has 2 unspecified atom stereocenters. The summed E-state index contributed by atoms with van der Waals surface area (Å²) in [7, 11) is 0. The molecule has 0 radical (unpaired) electrons. The van der Waals surface area contributed by atoms with Gasteiger partial charge in [-0.05, 0) is 30.0 Å². The van der Waals surface area contributed by atoms with Gasteiger partial charge in [0.2, 0.25) is 0 Å². The van der Waals surface area contributed by atoms with Gasteiger partial charge in [-0.15, -0.1) is 0 Å². The number of ether oxygens (including phenoxy) is 1. The molecule has 2 aliphatic rings. The third-order valence-corrected chi connectivity index (χ3v) is 4.14. The van der Waals surface area contributed by atoms with Crippen LogP contribution in [0.2, 0.25) is 5.02 Å². The molecular weight excluding hydrogens is 264 g/mol. The number of hydrogen-bond acceptors (Lipinski definition) is 3. The Balaban J connectivity index is 1.52. The SMILES string of the molecule is O=C(COc1cccc(Cl)c1)N1CC2CNCC2C1. The van der Waals surface area contributed by atoms with Crippen LogP contribution < -0.4 is 10.1 Å². The van der Waals surface area contributed by atoms with Gasteiger partial charge in [-0.1, -0.05) is 17.7 Å². The Morgan fingerprint density at radius 2 is 2.11 bits per heavy atom. The molecule has 102 valence electrons. The van der Waals surface area contributed by atoms with Gasteiger partial charge in [0.25, 0.3) is 5.91 Å². The quantitative estimate of drug-likeness (QED) is 0.910. The standard InChI is InChI=1S/C14H17ClN2O2/c15-12-2-1-3-13(4-12)19-9-14(18)17-7-10-5-16-6-11(10)8-17/h1-4,10-11,16H,5-9H2. The summed E-state index contributed by atoms with van der Waals surface area (Å²) in [5.41, 5.74) is 0. The predicted octanol–water partition coefficient (Wildman–Crippen LogP) is 1.40. The molecule has 2 saturated heterocycles. The number of nitrogens with zero attached hydrogens (tertiary/aromatic N) is 1. The van der Waals surface area contributed by atoms with E-state index in [0.717, 1.165) is 26.2 Å². The lowest BCUT2D eigenvalue weighted by molar-refractivity contribution is -0.132. The minimum atomic E-state index is 0.0642. The molecule has 0 aromatic heterocycles. The zero-order chi connectivity index (χ0) is 13.2. The van der Waals surface area contributed by atoms with Crippen LogP contribution in [0.3, 0.4) is 0 Å².